The maximum absolute atomic E-state index is 12.4. The molecule has 1 aliphatic rings. The Balaban J connectivity index is 1.82. The Morgan fingerprint density at radius 3 is 2.69 bits per heavy atom. The van der Waals surface area contributed by atoms with Gasteiger partial charge in [0.05, 0.1) is 16.5 Å². The van der Waals surface area contributed by atoms with Crippen molar-refractivity contribution in [1.29, 1.82) is 0 Å². The van der Waals surface area contributed by atoms with Gasteiger partial charge < -0.3 is 9.52 Å². The van der Waals surface area contributed by atoms with E-state index in [1.54, 1.807) is 24.3 Å². The van der Waals surface area contributed by atoms with E-state index in [0.717, 1.165) is 16.7 Å². The number of carbonyl (C=O) groups excluding carboxylic acids is 2. The van der Waals surface area contributed by atoms with E-state index in [2.05, 4.69) is 0 Å². The maximum Gasteiger partial charge on any atom is 0.374 e. The van der Waals surface area contributed by atoms with Crippen LogP contribution >= 0.6 is 35.6 Å². The molecule has 26 heavy (non-hydrogen) atoms. The fourth-order valence-electron chi connectivity index (χ4n) is 2.21. The largest absolute Gasteiger partial charge is 0.475 e. The standard InChI is InChI=1S/C17H10ClNO5S2/c18-11-4-2-1-3-10(11)13-6-5-9(24-13)7-14-15(21)19(17(25)26-14)8-12(20)16(22)23/h1-7H,8H2,(H,22,23)/b14-7-. The van der Waals surface area contributed by atoms with Crippen molar-refractivity contribution in [2.45, 2.75) is 0 Å². The van der Waals surface area contributed by atoms with Crippen LogP contribution in [0.2, 0.25) is 5.02 Å². The van der Waals surface area contributed by atoms with Gasteiger partial charge in [-0.15, -0.1) is 0 Å². The fraction of sp³-hybridized carbons (Fsp3) is 0.0588. The summed E-state index contributed by atoms with van der Waals surface area (Å²) in [6, 6.07) is 10.6. The molecule has 0 spiro atoms. The van der Waals surface area contributed by atoms with E-state index in [0.29, 0.717) is 22.1 Å². The van der Waals surface area contributed by atoms with Gasteiger partial charge in [-0.2, -0.15) is 0 Å². The van der Waals surface area contributed by atoms with Gasteiger partial charge in [-0.25, -0.2) is 4.79 Å². The summed E-state index contributed by atoms with van der Waals surface area (Å²) in [5.74, 6) is -2.31. The number of furan rings is 1. The van der Waals surface area contributed by atoms with Crippen LogP contribution in [0.4, 0.5) is 0 Å². The number of carboxylic acids is 1. The van der Waals surface area contributed by atoms with E-state index >= 15 is 0 Å². The number of thiocarbonyl (C=S) groups is 1. The molecular weight excluding hydrogens is 398 g/mol. The molecule has 132 valence electrons. The van der Waals surface area contributed by atoms with Crippen molar-refractivity contribution >= 4 is 63.6 Å². The van der Waals surface area contributed by atoms with Crippen molar-refractivity contribution in [3.8, 4) is 11.3 Å². The number of benzene rings is 1. The number of carbonyl (C=O) groups is 3. The van der Waals surface area contributed by atoms with Gasteiger partial charge >= 0.3 is 5.97 Å². The van der Waals surface area contributed by atoms with Gasteiger partial charge in [0.15, 0.2) is 0 Å². The Morgan fingerprint density at radius 2 is 2.00 bits per heavy atom. The molecule has 0 saturated carbocycles. The molecular formula is C17H10ClNO5S2. The quantitative estimate of drug-likeness (QED) is 0.461. The Hall–Kier alpha value is -2.42. The highest BCUT2D eigenvalue weighted by molar-refractivity contribution is 8.26. The highest BCUT2D eigenvalue weighted by atomic mass is 35.5. The number of nitrogens with zero attached hydrogens (tertiary/aromatic N) is 1. The van der Waals surface area contributed by atoms with E-state index in [1.807, 2.05) is 12.1 Å². The van der Waals surface area contributed by atoms with Gasteiger partial charge in [0.25, 0.3) is 11.7 Å². The fourth-order valence-corrected chi connectivity index (χ4v) is 3.68. The molecule has 1 aliphatic heterocycles. The second kappa shape index (κ2) is 7.45. The van der Waals surface area contributed by atoms with E-state index < -0.39 is 24.2 Å². The summed E-state index contributed by atoms with van der Waals surface area (Å²) in [5.41, 5.74) is 0.716. The molecule has 1 aromatic heterocycles. The number of hydrogen-bond acceptors (Lipinski definition) is 6. The van der Waals surface area contributed by atoms with Gasteiger partial charge in [0.2, 0.25) is 0 Å². The predicted octanol–water partition coefficient (Wildman–Crippen LogP) is 3.45. The van der Waals surface area contributed by atoms with Crippen molar-refractivity contribution in [3.63, 3.8) is 0 Å². The molecule has 6 nitrogen and oxygen atoms in total. The lowest BCUT2D eigenvalue weighted by molar-refractivity contribution is -0.149. The van der Waals surface area contributed by atoms with Gasteiger partial charge in [-0.05, 0) is 24.3 Å². The zero-order valence-corrected chi connectivity index (χ0v) is 15.4. The van der Waals surface area contributed by atoms with Crippen molar-refractivity contribution in [2.75, 3.05) is 6.54 Å². The van der Waals surface area contributed by atoms with Crippen molar-refractivity contribution < 1.29 is 23.9 Å². The zero-order chi connectivity index (χ0) is 18.8. The number of hydrogen-bond donors (Lipinski definition) is 1. The van der Waals surface area contributed by atoms with Gasteiger partial charge in [0, 0.05) is 11.6 Å². The molecule has 2 aromatic rings. The van der Waals surface area contributed by atoms with E-state index in [9.17, 15) is 14.4 Å². The van der Waals surface area contributed by atoms with E-state index in [-0.39, 0.29) is 9.23 Å². The minimum absolute atomic E-state index is 0.119. The monoisotopic (exact) mass is 407 g/mol. The molecule has 0 bridgehead atoms. The van der Waals surface area contributed by atoms with Gasteiger partial charge in [-0.3, -0.25) is 14.5 Å². The van der Waals surface area contributed by atoms with Gasteiger partial charge in [0.1, 0.15) is 15.8 Å². The molecule has 1 fully saturated rings. The number of thioether (sulfide) groups is 1. The lowest BCUT2D eigenvalue weighted by Gasteiger charge is -2.11. The van der Waals surface area contributed by atoms with Crippen LogP contribution in [0.25, 0.3) is 17.4 Å². The lowest BCUT2D eigenvalue weighted by atomic mass is 10.2. The third-order valence-corrected chi connectivity index (χ3v) is 5.16. The molecule has 3 rings (SSSR count). The SMILES string of the molecule is O=C(O)C(=O)CN1C(=O)/C(=C/c2ccc(-c3ccccc3Cl)o2)SC1=S. The summed E-state index contributed by atoms with van der Waals surface area (Å²) >= 11 is 12.2. The summed E-state index contributed by atoms with van der Waals surface area (Å²) in [4.78, 5) is 35.5. The van der Waals surface area contributed by atoms with Crippen LogP contribution in [-0.4, -0.2) is 38.5 Å². The van der Waals surface area contributed by atoms with Gasteiger partial charge in [-0.1, -0.05) is 47.7 Å². The molecule has 1 saturated heterocycles. The van der Waals surface area contributed by atoms with Crippen LogP contribution in [0, 0.1) is 0 Å². The molecule has 9 heteroatoms. The number of carboxylic acid groups (broad SMARTS) is 1. The first kappa shape index (κ1) is 18.4. The number of ketones is 1. The van der Waals surface area contributed by atoms with E-state index in [4.69, 9.17) is 33.3 Å². The van der Waals surface area contributed by atoms with Crippen LogP contribution in [0.1, 0.15) is 5.76 Å². The summed E-state index contributed by atoms with van der Waals surface area (Å²) < 4.78 is 5.82. The van der Waals surface area contributed by atoms with Crippen LogP contribution < -0.4 is 0 Å². The molecule has 1 amide bonds. The molecule has 0 aliphatic carbocycles. The lowest BCUT2D eigenvalue weighted by Crippen LogP contribution is -2.36. The van der Waals surface area contributed by atoms with Crippen LogP contribution in [0.15, 0.2) is 45.7 Å². The Morgan fingerprint density at radius 1 is 1.27 bits per heavy atom. The minimum Gasteiger partial charge on any atom is -0.475 e. The Labute approximate surface area is 162 Å². The third-order valence-electron chi connectivity index (χ3n) is 3.45. The summed E-state index contributed by atoms with van der Waals surface area (Å²) in [7, 11) is 0. The van der Waals surface area contributed by atoms with Crippen LogP contribution in [-0.2, 0) is 14.4 Å². The molecule has 1 N–H and O–H groups in total. The molecule has 0 atom stereocenters. The highest BCUT2D eigenvalue weighted by Crippen LogP contribution is 2.34. The molecule has 2 heterocycles. The maximum atomic E-state index is 12.4. The first-order valence-corrected chi connectivity index (χ1v) is 8.83. The second-order valence-corrected chi connectivity index (χ2v) is 7.26. The number of aliphatic carboxylic acids is 1. The second-order valence-electron chi connectivity index (χ2n) is 5.18. The highest BCUT2D eigenvalue weighted by Gasteiger charge is 2.34. The smallest absolute Gasteiger partial charge is 0.374 e. The molecule has 0 radical (unpaired) electrons. The Kier molecular flexibility index (Phi) is 5.26. The third kappa shape index (κ3) is 3.72. The zero-order valence-electron chi connectivity index (χ0n) is 13.0. The first-order valence-electron chi connectivity index (χ1n) is 7.23. The predicted molar refractivity (Wildman–Crippen MR) is 102 cm³/mol. The van der Waals surface area contributed by atoms with Crippen molar-refractivity contribution in [3.05, 3.63) is 52.1 Å². The number of rotatable bonds is 5. The van der Waals surface area contributed by atoms with Crippen molar-refractivity contribution in [2.24, 2.45) is 0 Å². The Bertz CT molecular complexity index is 966. The van der Waals surface area contributed by atoms with Crippen molar-refractivity contribution in [1.82, 2.24) is 4.90 Å². The molecule has 1 aromatic carbocycles. The average Bonchev–Trinajstić information content (AvgIpc) is 3.15. The van der Waals surface area contributed by atoms with Crippen LogP contribution in [0.5, 0.6) is 0 Å². The minimum atomic E-state index is -1.61. The van der Waals surface area contributed by atoms with Crippen LogP contribution in [0.3, 0.4) is 0 Å². The normalized spacial score (nSPS) is 15.7. The topological polar surface area (TPSA) is 87.8 Å². The summed E-state index contributed by atoms with van der Waals surface area (Å²) in [6.07, 6.45) is 1.49. The number of Topliss-reactive ketones (excluding diaryl/α,β-unsaturated/α-hetero) is 1. The molecule has 0 unspecified atom stereocenters. The number of amides is 1. The van der Waals surface area contributed by atoms with E-state index in [1.165, 1.54) is 6.08 Å². The summed E-state index contributed by atoms with van der Waals surface area (Å²) in [6.45, 7) is -0.597. The summed E-state index contributed by atoms with van der Waals surface area (Å²) in [5, 5.41) is 9.21. The number of halogens is 1. The first-order chi connectivity index (χ1) is 12.4. The average molecular weight is 408 g/mol.